The van der Waals surface area contributed by atoms with Crippen LogP contribution in [0, 0.1) is 5.41 Å². The summed E-state index contributed by atoms with van der Waals surface area (Å²) >= 11 is 5.02. The molecule has 0 atom stereocenters. The number of carbonyl (C=O) groups is 1. The SMILES string of the molecule is COC(=O)c1c(SC)cc(-c2ccc(Br)cc2)c2c1/C(=C/Nc1ccccc1)C(=N)CC2. The van der Waals surface area contributed by atoms with Crippen LogP contribution >= 0.6 is 27.7 Å². The number of anilines is 1. The van der Waals surface area contributed by atoms with Crippen molar-refractivity contribution in [3.8, 4) is 11.1 Å². The quantitative estimate of drug-likeness (QED) is 0.287. The molecule has 1 aliphatic carbocycles. The number of hydrogen-bond acceptors (Lipinski definition) is 5. The van der Waals surface area contributed by atoms with E-state index >= 15 is 0 Å². The number of nitrogens with one attached hydrogen (secondary N) is 2. The van der Waals surface area contributed by atoms with E-state index in [0.29, 0.717) is 24.1 Å². The van der Waals surface area contributed by atoms with Crippen molar-refractivity contribution >= 4 is 50.6 Å². The molecule has 0 unspecified atom stereocenters. The number of esters is 1. The summed E-state index contributed by atoms with van der Waals surface area (Å²) in [5, 5.41) is 12.0. The second kappa shape index (κ2) is 9.76. The molecular weight excluding hydrogens is 484 g/mol. The molecule has 6 heteroatoms. The van der Waals surface area contributed by atoms with Crippen LogP contribution in [0.3, 0.4) is 0 Å². The van der Waals surface area contributed by atoms with Crippen LogP contribution in [-0.2, 0) is 11.2 Å². The average Bonchev–Trinajstić information content (AvgIpc) is 2.83. The van der Waals surface area contributed by atoms with Crippen LogP contribution < -0.4 is 5.32 Å². The molecule has 0 heterocycles. The highest BCUT2D eigenvalue weighted by Crippen LogP contribution is 2.42. The van der Waals surface area contributed by atoms with E-state index < -0.39 is 0 Å². The summed E-state index contributed by atoms with van der Waals surface area (Å²) < 4.78 is 6.19. The summed E-state index contributed by atoms with van der Waals surface area (Å²) in [6.07, 6.45) is 5.11. The fraction of sp³-hybridized carbons (Fsp3) is 0.154. The Balaban J connectivity index is 1.97. The first kappa shape index (κ1) is 22.4. The third-order valence-corrected chi connectivity index (χ3v) is 6.83. The molecule has 3 aromatic carbocycles. The maximum absolute atomic E-state index is 12.9. The van der Waals surface area contributed by atoms with Crippen LogP contribution in [0.5, 0.6) is 0 Å². The molecule has 4 rings (SSSR count). The molecule has 32 heavy (non-hydrogen) atoms. The molecule has 0 radical (unpaired) electrons. The Morgan fingerprint density at radius 1 is 1.12 bits per heavy atom. The predicted octanol–water partition coefficient (Wildman–Crippen LogP) is 7.04. The van der Waals surface area contributed by atoms with Gasteiger partial charge in [-0.15, -0.1) is 11.8 Å². The molecule has 0 fully saturated rings. The number of para-hydroxylation sites is 1. The molecule has 0 aromatic heterocycles. The van der Waals surface area contributed by atoms with Gasteiger partial charge in [0.2, 0.25) is 0 Å². The molecule has 0 aliphatic heterocycles. The number of allylic oxidation sites excluding steroid dienone is 1. The van der Waals surface area contributed by atoms with Gasteiger partial charge in [0.15, 0.2) is 0 Å². The minimum absolute atomic E-state index is 0.381. The topological polar surface area (TPSA) is 62.2 Å². The van der Waals surface area contributed by atoms with E-state index in [1.807, 2.05) is 54.9 Å². The van der Waals surface area contributed by atoms with Gasteiger partial charge in [0, 0.05) is 38.1 Å². The highest BCUT2D eigenvalue weighted by atomic mass is 79.9. The second-order valence-corrected chi connectivity index (χ2v) is 9.16. The Morgan fingerprint density at radius 2 is 1.84 bits per heavy atom. The Labute approximate surface area is 200 Å². The van der Waals surface area contributed by atoms with Crippen molar-refractivity contribution in [3.05, 3.63) is 88.0 Å². The number of carbonyl (C=O) groups excluding carboxylic acids is 1. The largest absolute Gasteiger partial charge is 0.465 e. The van der Waals surface area contributed by atoms with E-state index in [-0.39, 0.29) is 5.97 Å². The number of halogens is 1. The van der Waals surface area contributed by atoms with Crippen LogP contribution in [-0.4, -0.2) is 25.0 Å². The van der Waals surface area contributed by atoms with Gasteiger partial charge in [0.05, 0.1) is 12.7 Å². The van der Waals surface area contributed by atoms with E-state index in [9.17, 15) is 4.79 Å². The van der Waals surface area contributed by atoms with Crippen LogP contribution in [0.2, 0.25) is 0 Å². The molecule has 4 nitrogen and oxygen atoms in total. The molecule has 162 valence electrons. The van der Waals surface area contributed by atoms with Crippen molar-refractivity contribution in [2.45, 2.75) is 17.7 Å². The third kappa shape index (κ3) is 4.38. The van der Waals surface area contributed by atoms with Crippen molar-refractivity contribution in [3.63, 3.8) is 0 Å². The zero-order valence-electron chi connectivity index (χ0n) is 17.9. The maximum Gasteiger partial charge on any atom is 0.339 e. The van der Waals surface area contributed by atoms with Crippen LogP contribution in [0.1, 0.15) is 27.9 Å². The summed E-state index contributed by atoms with van der Waals surface area (Å²) in [4.78, 5) is 13.8. The summed E-state index contributed by atoms with van der Waals surface area (Å²) in [5.41, 5.74) is 6.72. The van der Waals surface area contributed by atoms with E-state index in [4.69, 9.17) is 10.1 Å². The molecule has 0 saturated carbocycles. The number of rotatable bonds is 5. The number of thioether (sulfide) groups is 1. The molecule has 3 aromatic rings. The number of hydrogen-bond donors (Lipinski definition) is 2. The van der Waals surface area contributed by atoms with Crippen molar-refractivity contribution in [2.24, 2.45) is 0 Å². The number of fused-ring (bicyclic) bond motifs is 1. The van der Waals surface area contributed by atoms with Gasteiger partial charge in [-0.1, -0.05) is 46.3 Å². The first-order valence-corrected chi connectivity index (χ1v) is 12.2. The molecule has 0 bridgehead atoms. The molecule has 0 spiro atoms. The molecule has 1 aliphatic rings. The average molecular weight is 507 g/mol. The summed E-state index contributed by atoms with van der Waals surface area (Å²) in [5.74, 6) is -0.381. The Bertz CT molecular complexity index is 1200. The van der Waals surface area contributed by atoms with Gasteiger partial charge in [0.25, 0.3) is 0 Å². The van der Waals surface area contributed by atoms with Gasteiger partial charge in [-0.3, -0.25) is 0 Å². The smallest absolute Gasteiger partial charge is 0.339 e. The van der Waals surface area contributed by atoms with Crippen LogP contribution in [0.15, 0.2) is 76.2 Å². The molecule has 0 saturated heterocycles. The Kier molecular flexibility index (Phi) is 6.82. The summed E-state index contributed by atoms with van der Waals surface area (Å²) in [7, 11) is 1.40. The molecule has 0 amide bonds. The zero-order valence-corrected chi connectivity index (χ0v) is 20.3. The zero-order chi connectivity index (χ0) is 22.7. The van der Waals surface area contributed by atoms with E-state index in [1.165, 1.54) is 18.9 Å². The molecule has 2 N–H and O–H groups in total. The first-order valence-electron chi connectivity index (χ1n) is 10.2. The highest BCUT2D eigenvalue weighted by Gasteiger charge is 2.30. The fourth-order valence-electron chi connectivity index (χ4n) is 3.99. The monoisotopic (exact) mass is 506 g/mol. The number of ether oxygens (including phenoxy) is 1. The van der Waals surface area contributed by atoms with Gasteiger partial charge in [-0.2, -0.15) is 0 Å². The van der Waals surface area contributed by atoms with Crippen molar-refractivity contribution in [1.29, 1.82) is 5.41 Å². The maximum atomic E-state index is 12.9. The predicted molar refractivity (Wildman–Crippen MR) is 137 cm³/mol. The van der Waals surface area contributed by atoms with E-state index in [1.54, 1.807) is 0 Å². The van der Waals surface area contributed by atoms with Crippen molar-refractivity contribution in [2.75, 3.05) is 18.7 Å². The Hall–Kier alpha value is -2.83. The number of benzene rings is 3. The normalized spacial score (nSPS) is 14.2. The van der Waals surface area contributed by atoms with E-state index in [0.717, 1.165) is 42.9 Å². The van der Waals surface area contributed by atoms with Gasteiger partial charge in [-0.05, 0) is 66.1 Å². The molecular formula is C26H23BrN2O2S. The first-order chi connectivity index (χ1) is 15.5. The summed E-state index contributed by atoms with van der Waals surface area (Å²) in [6, 6.07) is 20.1. The lowest BCUT2D eigenvalue weighted by Gasteiger charge is -2.27. The standard InChI is InChI=1S/C26H23BrN2O2S/c1-31-26(30)25-23(32-2)14-20(16-8-10-17(27)11-9-16)19-12-13-22(28)21(24(19)25)15-29-18-6-4-3-5-7-18/h3-11,14-15,28-29H,12-13H2,1-2H3/b21-15+,28-22?. The lowest BCUT2D eigenvalue weighted by Crippen LogP contribution is -2.20. The van der Waals surface area contributed by atoms with Crippen LogP contribution in [0.4, 0.5) is 5.69 Å². The lowest BCUT2D eigenvalue weighted by atomic mass is 9.79. The van der Waals surface area contributed by atoms with Gasteiger partial charge in [-0.25, -0.2) is 4.79 Å². The second-order valence-electron chi connectivity index (χ2n) is 7.40. The van der Waals surface area contributed by atoms with Crippen molar-refractivity contribution in [1.82, 2.24) is 0 Å². The lowest BCUT2D eigenvalue weighted by molar-refractivity contribution is 0.0596. The fourth-order valence-corrected chi connectivity index (χ4v) is 4.88. The summed E-state index contributed by atoms with van der Waals surface area (Å²) in [6.45, 7) is 0. The van der Waals surface area contributed by atoms with E-state index in [2.05, 4.69) is 39.4 Å². The van der Waals surface area contributed by atoms with Gasteiger partial charge < -0.3 is 15.5 Å². The minimum atomic E-state index is -0.381. The van der Waals surface area contributed by atoms with Crippen molar-refractivity contribution < 1.29 is 9.53 Å². The highest BCUT2D eigenvalue weighted by molar-refractivity contribution is 9.10. The van der Waals surface area contributed by atoms with Gasteiger partial charge in [0.1, 0.15) is 0 Å². The minimum Gasteiger partial charge on any atom is -0.465 e. The van der Waals surface area contributed by atoms with Crippen LogP contribution in [0.25, 0.3) is 16.7 Å². The third-order valence-electron chi connectivity index (χ3n) is 5.54. The van der Waals surface area contributed by atoms with Gasteiger partial charge >= 0.3 is 5.97 Å². The number of methoxy groups -OCH3 is 1. The Morgan fingerprint density at radius 3 is 2.50 bits per heavy atom.